The second kappa shape index (κ2) is 8.80. The van der Waals surface area contributed by atoms with Crippen LogP contribution in [0.15, 0.2) is 75.9 Å². The predicted molar refractivity (Wildman–Crippen MR) is 137 cm³/mol. The Labute approximate surface area is 202 Å². The van der Waals surface area contributed by atoms with Gasteiger partial charge >= 0.3 is 5.63 Å². The molecule has 0 spiro atoms. The van der Waals surface area contributed by atoms with Gasteiger partial charge in [-0.05, 0) is 55.3 Å². The van der Waals surface area contributed by atoms with Crippen LogP contribution in [0.2, 0.25) is 0 Å². The number of ether oxygens (including phenoxy) is 2. The molecule has 0 bridgehead atoms. The first-order valence-electron chi connectivity index (χ1n) is 11.3. The molecule has 3 aromatic carbocycles. The molecular formula is C29H25NO5. The summed E-state index contributed by atoms with van der Waals surface area (Å²) in [5, 5.41) is 1.63. The molecule has 0 saturated carbocycles. The zero-order chi connectivity index (χ0) is 24.7. The van der Waals surface area contributed by atoms with Crippen molar-refractivity contribution in [1.82, 2.24) is 4.57 Å². The molecule has 0 unspecified atom stereocenters. The average Bonchev–Trinajstić information content (AvgIpc) is 3.13. The van der Waals surface area contributed by atoms with Gasteiger partial charge in [-0.1, -0.05) is 30.3 Å². The Kier molecular flexibility index (Phi) is 5.65. The molecule has 35 heavy (non-hydrogen) atoms. The molecule has 0 saturated heterocycles. The van der Waals surface area contributed by atoms with Gasteiger partial charge in [0.2, 0.25) is 5.78 Å². The summed E-state index contributed by atoms with van der Waals surface area (Å²) in [6.07, 6.45) is 0. The minimum atomic E-state index is -0.437. The third kappa shape index (κ3) is 3.87. The van der Waals surface area contributed by atoms with Gasteiger partial charge in [0.15, 0.2) is 6.61 Å². The highest BCUT2D eigenvalue weighted by atomic mass is 16.5. The quantitative estimate of drug-likeness (QED) is 0.232. The third-order valence-corrected chi connectivity index (χ3v) is 6.53. The SMILES string of the molecule is COc1ccc2c(c1)c(C(=O)COc1ccc3c(-c4ccccc4)cc(=O)oc3c1C)c(C)n2C. The highest BCUT2D eigenvalue weighted by Gasteiger charge is 2.20. The van der Waals surface area contributed by atoms with Gasteiger partial charge in [-0.2, -0.15) is 0 Å². The molecule has 0 atom stereocenters. The fourth-order valence-corrected chi connectivity index (χ4v) is 4.60. The summed E-state index contributed by atoms with van der Waals surface area (Å²) in [5.74, 6) is 1.04. The largest absolute Gasteiger partial charge is 0.497 e. The average molecular weight is 468 g/mol. The number of rotatable bonds is 6. The lowest BCUT2D eigenvalue weighted by molar-refractivity contribution is 0.0922. The molecule has 0 amide bonds. The van der Waals surface area contributed by atoms with Crippen molar-refractivity contribution in [3.8, 4) is 22.6 Å². The van der Waals surface area contributed by atoms with Crippen molar-refractivity contribution in [3.63, 3.8) is 0 Å². The van der Waals surface area contributed by atoms with Crippen molar-refractivity contribution < 1.29 is 18.7 Å². The fourth-order valence-electron chi connectivity index (χ4n) is 4.60. The molecule has 5 aromatic rings. The minimum absolute atomic E-state index is 0.139. The van der Waals surface area contributed by atoms with E-state index in [2.05, 4.69) is 0 Å². The van der Waals surface area contributed by atoms with Gasteiger partial charge in [-0.25, -0.2) is 4.79 Å². The maximum Gasteiger partial charge on any atom is 0.336 e. The molecule has 0 radical (unpaired) electrons. The molecule has 5 rings (SSSR count). The van der Waals surface area contributed by atoms with Crippen LogP contribution in [0.4, 0.5) is 0 Å². The molecule has 0 N–H and O–H groups in total. The van der Waals surface area contributed by atoms with Crippen molar-refractivity contribution in [2.45, 2.75) is 13.8 Å². The number of hydrogen-bond donors (Lipinski definition) is 0. The number of methoxy groups -OCH3 is 1. The van der Waals surface area contributed by atoms with Gasteiger partial charge in [-0.3, -0.25) is 4.79 Å². The van der Waals surface area contributed by atoms with E-state index >= 15 is 0 Å². The fraction of sp³-hybridized carbons (Fsp3) is 0.172. The topological polar surface area (TPSA) is 70.7 Å². The highest BCUT2D eigenvalue weighted by Crippen LogP contribution is 2.34. The zero-order valence-corrected chi connectivity index (χ0v) is 20.0. The van der Waals surface area contributed by atoms with Crippen molar-refractivity contribution in [2.24, 2.45) is 7.05 Å². The van der Waals surface area contributed by atoms with E-state index < -0.39 is 5.63 Å². The second-order valence-corrected chi connectivity index (χ2v) is 8.52. The van der Waals surface area contributed by atoms with Crippen LogP contribution >= 0.6 is 0 Å². The van der Waals surface area contributed by atoms with E-state index in [1.54, 1.807) is 7.11 Å². The first-order valence-corrected chi connectivity index (χ1v) is 11.3. The van der Waals surface area contributed by atoms with Crippen LogP contribution in [0.25, 0.3) is 33.0 Å². The van der Waals surface area contributed by atoms with Gasteiger partial charge in [0, 0.05) is 46.2 Å². The number of carbonyl (C=O) groups is 1. The number of fused-ring (bicyclic) bond motifs is 2. The number of hydrogen-bond acceptors (Lipinski definition) is 5. The summed E-state index contributed by atoms with van der Waals surface area (Å²) < 4.78 is 18.9. The Morgan fingerprint density at radius 1 is 0.971 bits per heavy atom. The molecule has 6 heteroatoms. The summed E-state index contributed by atoms with van der Waals surface area (Å²) >= 11 is 0. The first kappa shape index (κ1) is 22.5. The summed E-state index contributed by atoms with van der Waals surface area (Å²) in [6.45, 7) is 3.60. The molecule has 2 heterocycles. The van der Waals surface area contributed by atoms with Crippen LogP contribution in [0.1, 0.15) is 21.6 Å². The standard InChI is InChI=1S/C29H25NO5/c1-17-26(13-11-21-22(15-27(32)35-29(17)21)19-8-6-5-7-9-19)34-16-25(31)28-18(2)30(3)24-12-10-20(33-4)14-23(24)28/h5-15H,16H2,1-4H3. The Balaban J connectivity index is 1.50. The summed E-state index contributed by atoms with van der Waals surface area (Å²) in [4.78, 5) is 25.6. The molecule has 0 aliphatic rings. The van der Waals surface area contributed by atoms with Crippen molar-refractivity contribution in [2.75, 3.05) is 13.7 Å². The van der Waals surface area contributed by atoms with Crippen molar-refractivity contribution >= 4 is 27.7 Å². The molecule has 2 aromatic heterocycles. The number of carbonyl (C=O) groups excluding carboxylic acids is 1. The van der Waals surface area contributed by atoms with Gasteiger partial charge in [-0.15, -0.1) is 0 Å². The van der Waals surface area contributed by atoms with E-state index in [0.29, 0.717) is 28.2 Å². The number of aryl methyl sites for hydroxylation is 2. The van der Waals surface area contributed by atoms with Gasteiger partial charge in [0.1, 0.15) is 17.1 Å². The van der Waals surface area contributed by atoms with E-state index in [9.17, 15) is 9.59 Å². The van der Waals surface area contributed by atoms with E-state index in [-0.39, 0.29) is 12.4 Å². The molecule has 0 fully saturated rings. The lowest BCUT2D eigenvalue weighted by atomic mass is 10.00. The van der Waals surface area contributed by atoms with Crippen LogP contribution in [0, 0.1) is 13.8 Å². The van der Waals surface area contributed by atoms with E-state index in [4.69, 9.17) is 13.9 Å². The summed E-state index contributed by atoms with van der Waals surface area (Å²) in [5.41, 5.74) is 4.82. The monoisotopic (exact) mass is 467 g/mol. The Bertz CT molecular complexity index is 1640. The maximum atomic E-state index is 13.3. The second-order valence-electron chi connectivity index (χ2n) is 8.52. The molecular weight excluding hydrogens is 442 g/mol. The Hall–Kier alpha value is -4.32. The number of benzene rings is 3. The summed E-state index contributed by atoms with van der Waals surface area (Å²) in [7, 11) is 3.53. The van der Waals surface area contributed by atoms with Crippen molar-refractivity contribution in [3.05, 3.63) is 94.0 Å². The minimum Gasteiger partial charge on any atom is -0.497 e. The summed E-state index contributed by atoms with van der Waals surface area (Å²) in [6, 6.07) is 20.6. The highest BCUT2D eigenvalue weighted by molar-refractivity contribution is 6.10. The number of aromatic nitrogens is 1. The lowest BCUT2D eigenvalue weighted by Crippen LogP contribution is -2.13. The lowest BCUT2D eigenvalue weighted by Gasteiger charge is -2.12. The van der Waals surface area contributed by atoms with Gasteiger partial charge < -0.3 is 18.5 Å². The number of Topliss-reactive ketones (excluding diaryl/α,β-unsaturated/α-hetero) is 1. The molecule has 0 aliphatic heterocycles. The van der Waals surface area contributed by atoms with Gasteiger partial charge in [0.05, 0.1) is 7.11 Å². The smallest absolute Gasteiger partial charge is 0.336 e. The molecule has 6 nitrogen and oxygen atoms in total. The van der Waals surface area contributed by atoms with Gasteiger partial charge in [0.25, 0.3) is 0 Å². The maximum absolute atomic E-state index is 13.3. The number of ketones is 1. The van der Waals surface area contributed by atoms with E-state index in [1.807, 2.05) is 86.1 Å². The normalized spacial score (nSPS) is 11.2. The zero-order valence-electron chi connectivity index (χ0n) is 20.0. The predicted octanol–water partition coefficient (Wildman–Crippen LogP) is 5.84. The van der Waals surface area contributed by atoms with Crippen LogP contribution < -0.4 is 15.1 Å². The Morgan fingerprint density at radius 3 is 2.49 bits per heavy atom. The third-order valence-electron chi connectivity index (χ3n) is 6.53. The number of nitrogens with zero attached hydrogens (tertiary/aromatic N) is 1. The molecule has 176 valence electrons. The van der Waals surface area contributed by atoms with E-state index in [1.165, 1.54) is 6.07 Å². The van der Waals surface area contributed by atoms with Crippen LogP contribution in [-0.2, 0) is 7.05 Å². The first-order chi connectivity index (χ1) is 16.9. The molecule has 0 aliphatic carbocycles. The van der Waals surface area contributed by atoms with Crippen LogP contribution in [0.5, 0.6) is 11.5 Å². The van der Waals surface area contributed by atoms with E-state index in [0.717, 1.165) is 33.1 Å². The van der Waals surface area contributed by atoms with Crippen LogP contribution in [-0.4, -0.2) is 24.1 Å². The van der Waals surface area contributed by atoms with Crippen molar-refractivity contribution in [1.29, 1.82) is 0 Å². The Morgan fingerprint density at radius 2 is 1.74 bits per heavy atom. The van der Waals surface area contributed by atoms with Crippen LogP contribution in [0.3, 0.4) is 0 Å².